The van der Waals surface area contributed by atoms with Gasteiger partial charge in [0.25, 0.3) is 5.91 Å². The van der Waals surface area contributed by atoms with E-state index in [1.807, 2.05) is 17.5 Å². The highest BCUT2D eigenvalue weighted by Crippen LogP contribution is 2.28. The van der Waals surface area contributed by atoms with Crippen molar-refractivity contribution in [3.8, 4) is 0 Å². The fraction of sp³-hybridized carbons (Fsp3) is 0.0833. The zero-order valence-electron chi connectivity index (χ0n) is 17.7. The topological polar surface area (TPSA) is 105 Å². The number of furan rings is 1. The number of rotatable bonds is 7. The van der Waals surface area contributed by atoms with Crippen LogP contribution in [-0.2, 0) is 20.9 Å². The second-order valence-electron chi connectivity index (χ2n) is 7.06. The minimum absolute atomic E-state index is 0.162. The molecule has 3 amide bonds. The van der Waals surface area contributed by atoms with Gasteiger partial charge in [-0.2, -0.15) is 0 Å². The molecule has 0 aliphatic heterocycles. The van der Waals surface area contributed by atoms with Crippen molar-refractivity contribution in [2.45, 2.75) is 12.6 Å². The van der Waals surface area contributed by atoms with E-state index in [0.717, 1.165) is 21.9 Å². The van der Waals surface area contributed by atoms with Crippen molar-refractivity contribution in [1.82, 2.24) is 10.3 Å². The largest absolute Gasteiger partial charge is 0.467 e. The van der Waals surface area contributed by atoms with Gasteiger partial charge in [0, 0.05) is 16.8 Å². The van der Waals surface area contributed by atoms with Crippen LogP contribution in [0.4, 0.5) is 15.8 Å². The fourth-order valence-corrected chi connectivity index (χ4v) is 3.86. The molecule has 4 aromatic rings. The molecule has 1 aromatic carbocycles. The molecule has 8 nitrogen and oxygen atoms in total. The molecule has 34 heavy (non-hydrogen) atoms. The van der Waals surface area contributed by atoms with Crippen LogP contribution < -0.4 is 15.5 Å². The first-order valence-corrected chi connectivity index (χ1v) is 11.0. The molecule has 0 aliphatic carbocycles. The van der Waals surface area contributed by atoms with E-state index in [2.05, 4.69) is 15.6 Å². The third-order valence-corrected chi connectivity index (χ3v) is 5.65. The molecular weight excluding hydrogens is 459 g/mol. The molecule has 2 N–H and O–H groups in total. The van der Waals surface area contributed by atoms with Crippen LogP contribution >= 0.6 is 11.3 Å². The maximum atomic E-state index is 13.4. The van der Waals surface area contributed by atoms with Crippen molar-refractivity contribution < 1.29 is 23.2 Å². The Balaban J connectivity index is 1.66. The average Bonchev–Trinajstić information content (AvgIpc) is 3.57. The van der Waals surface area contributed by atoms with Crippen LogP contribution in [-0.4, -0.2) is 22.7 Å². The summed E-state index contributed by atoms with van der Waals surface area (Å²) in [7, 11) is 0. The van der Waals surface area contributed by atoms with Gasteiger partial charge in [0.15, 0.2) is 6.04 Å². The summed E-state index contributed by atoms with van der Waals surface area (Å²) in [6.45, 7) is 0.241. The molecule has 0 fully saturated rings. The highest BCUT2D eigenvalue weighted by Gasteiger charge is 2.37. The number of benzene rings is 1. The molecule has 0 bridgehead atoms. The van der Waals surface area contributed by atoms with E-state index in [0.29, 0.717) is 0 Å². The molecule has 3 aromatic heterocycles. The number of halogens is 1. The number of hydrogen-bond donors (Lipinski definition) is 2. The summed E-state index contributed by atoms with van der Waals surface area (Å²) >= 11 is 1.47. The smallest absolute Gasteiger partial charge is 0.317 e. The van der Waals surface area contributed by atoms with Gasteiger partial charge in [0.1, 0.15) is 11.6 Å². The van der Waals surface area contributed by atoms with E-state index in [4.69, 9.17) is 4.42 Å². The number of nitrogens with zero attached hydrogens (tertiary/aromatic N) is 2. The van der Waals surface area contributed by atoms with Crippen LogP contribution in [0.2, 0.25) is 0 Å². The van der Waals surface area contributed by atoms with Crippen molar-refractivity contribution in [3.05, 3.63) is 101 Å². The number of pyridine rings is 1. The number of anilines is 2. The van der Waals surface area contributed by atoms with Crippen LogP contribution in [0.15, 0.2) is 89.1 Å². The van der Waals surface area contributed by atoms with Crippen molar-refractivity contribution in [2.75, 3.05) is 10.2 Å². The Morgan fingerprint density at radius 2 is 1.88 bits per heavy atom. The summed E-state index contributed by atoms with van der Waals surface area (Å²) < 4.78 is 18.7. The first kappa shape index (κ1) is 22.9. The molecule has 10 heteroatoms. The number of carbonyl (C=O) groups excluding carboxylic acids is 3. The van der Waals surface area contributed by atoms with Gasteiger partial charge < -0.3 is 15.1 Å². The number of thiophene rings is 1. The predicted molar refractivity (Wildman–Crippen MR) is 124 cm³/mol. The lowest BCUT2D eigenvalue weighted by atomic mass is 10.1. The first-order chi connectivity index (χ1) is 16.5. The molecule has 1 atom stereocenters. The average molecular weight is 479 g/mol. The Labute approximate surface area is 198 Å². The summed E-state index contributed by atoms with van der Waals surface area (Å²) in [5.41, 5.74) is 0.442. The molecule has 0 spiro atoms. The van der Waals surface area contributed by atoms with E-state index in [-0.39, 0.29) is 23.7 Å². The molecule has 0 unspecified atom stereocenters. The monoisotopic (exact) mass is 478 g/mol. The Bertz CT molecular complexity index is 1250. The van der Waals surface area contributed by atoms with Gasteiger partial charge in [-0.05, 0) is 60.0 Å². The van der Waals surface area contributed by atoms with Gasteiger partial charge in [0.05, 0.1) is 24.7 Å². The third kappa shape index (κ3) is 5.36. The molecule has 0 radical (unpaired) electrons. The highest BCUT2D eigenvalue weighted by molar-refractivity contribution is 7.09. The summed E-state index contributed by atoms with van der Waals surface area (Å²) in [6.07, 6.45) is 4.24. The van der Waals surface area contributed by atoms with Crippen LogP contribution in [0, 0.1) is 5.82 Å². The lowest BCUT2D eigenvalue weighted by molar-refractivity contribution is -0.136. The molecule has 0 saturated carbocycles. The summed E-state index contributed by atoms with van der Waals surface area (Å²) in [4.78, 5) is 45.5. The molecule has 172 valence electrons. The van der Waals surface area contributed by atoms with Crippen molar-refractivity contribution in [2.24, 2.45) is 0 Å². The van der Waals surface area contributed by atoms with E-state index in [1.165, 1.54) is 42.1 Å². The maximum Gasteiger partial charge on any atom is 0.317 e. The molecule has 3 heterocycles. The van der Waals surface area contributed by atoms with Crippen LogP contribution in [0.5, 0.6) is 0 Å². The zero-order chi connectivity index (χ0) is 23.9. The van der Waals surface area contributed by atoms with E-state index >= 15 is 0 Å². The minimum Gasteiger partial charge on any atom is -0.467 e. The minimum atomic E-state index is -1.29. The first-order valence-electron chi connectivity index (χ1n) is 10.2. The van der Waals surface area contributed by atoms with E-state index in [1.54, 1.807) is 24.3 Å². The SMILES string of the molecule is O=C(Nc1ccc(F)cc1)C(=O)N(c1cccnc1)[C@H](C(=O)NCc1cccs1)c1ccco1. The number of carbonyl (C=O) groups is 3. The van der Waals surface area contributed by atoms with E-state index < -0.39 is 29.6 Å². The second kappa shape index (κ2) is 10.5. The summed E-state index contributed by atoms with van der Waals surface area (Å²) in [5.74, 6) is -2.91. The standard InChI is InChI=1S/C24H19FN4O4S/c25-16-7-9-17(10-8-16)28-23(31)24(32)29(18-4-1-11-26-14-18)21(20-6-2-12-33-20)22(30)27-15-19-5-3-13-34-19/h1-14,21H,15H2,(H,27,30)(H,28,31)/t21-/m0/s1. The van der Waals surface area contributed by atoms with Crippen LogP contribution in [0.25, 0.3) is 0 Å². The van der Waals surface area contributed by atoms with Gasteiger partial charge in [-0.25, -0.2) is 4.39 Å². The number of amides is 3. The van der Waals surface area contributed by atoms with Crippen LogP contribution in [0.1, 0.15) is 16.7 Å². The lowest BCUT2D eigenvalue weighted by Crippen LogP contribution is -2.47. The summed E-state index contributed by atoms with van der Waals surface area (Å²) in [6, 6.07) is 13.7. The van der Waals surface area contributed by atoms with Crippen LogP contribution in [0.3, 0.4) is 0 Å². The normalized spacial score (nSPS) is 11.4. The number of aromatic nitrogens is 1. The summed E-state index contributed by atoms with van der Waals surface area (Å²) in [5, 5.41) is 7.12. The Hall–Kier alpha value is -4.31. The van der Waals surface area contributed by atoms with Crippen molar-refractivity contribution in [3.63, 3.8) is 0 Å². The van der Waals surface area contributed by atoms with Gasteiger partial charge >= 0.3 is 11.8 Å². The molecule has 0 saturated heterocycles. The van der Waals surface area contributed by atoms with Crippen molar-refractivity contribution >= 4 is 40.4 Å². The third-order valence-electron chi connectivity index (χ3n) is 4.78. The quantitative estimate of drug-likeness (QED) is 0.392. The van der Waals surface area contributed by atoms with Gasteiger partial charge in [-0.15, -0.1) is 11.3 Å². The second-order valence-corrected chi connectivity index (χ2v) is 8.09. The zero-order valence-corrected chi connectivity index (χ0v) is 18.5. The predicted octanol–water partition coefficient (Wildman–Crippen LogP) is 3.90. The fourth-order valence-electron chi connectivity index (χ4n) is 3.21. The Kier molecular flexibility index (Phi) is 7.09. The maximum absolute atomic E-state index is 13.4. The molecular formula is C24H19FN4O4S. The number of nitrogens with one attached hydrogen (secondary N) is 2. The Morgan fingerprint density at radius 3 is 2.53 bits per heavy atom. The highest BCUT2D eigenvalue weighted by atomic mass is 32.1. The van der Waals surface area contributed by atoms with E-state index in [9.17, 15) is 18.8 Å². The Morgan fingerprint density at radius 1 is 1.06 bits per heavy atom. The van der Waals surface area contributed by atoms with Gasteiger partial charge in [-0.1, -0.05) is 6.07 Å². The molecule has 0 aliphatic rings. The van der Waals surface area contributed by atoms with Gasteiger partial charge in [0.2, 0.25) is 0 Å². The van der Waals surface area contributed by atoms with Gasteiger partial charge in [-0.3, -0.25) is 24.3 Å². The lowest BCUT2D eigenvalue weighted by Gasteiger charge is -2.29. The number of hydrogen-bond acceptors (Lipinski definition) is 6. The molecule has 4 rings (SSSR count). The van der Waals surface area contributed by atoms with Crippen molar-refractivity contribution in [1.29, 1.82) is 0 Å².